The van der Waals surface area contributed by atoms with E-state index in [-0.39, 0.29) is 6.10 Å². The summed E-state index contributed by atoms with van der Waals surface area (Å²) in [6.07, 6.45) is 5.10. The minimum absolute atomic E-state index is 0.0673. The largest absolute Gasteiger partial charge is 0.389 e. The summed E-state index contributed by atoms with van der Waals surface area (Å²) in [5.41, 5.74) is 2.12. The number of fused-ring (bicyclic) bond motifs is 1. The zero-order valence-corrected chi connectivity index (χ0v) is 12.6. The van der Waals surface area contributed by atoms with Crippen LogP contribution in [0.3, 0.4) is 0 Å². The highest BCUT2D eigenvalue weighted by atomic mass is 16.5. The van der Waals surface area contributed by atoms with Crippen LogP contribution >= 0.6 is 0 Å². The molecule has 1 saturated carbocycles. The molecule has 1 aromatic rings. The molecule has 110 valence electrons. The van der Waals surface area contributed by atoms with E-state index in [0.717, 1.165) is 32.3 Å². The van der Waals surface area contributed by atoms with Crippen LogP contribution in [0.5, 0.6) is 0 Å². The van der Waals surface area contributed by atoms with Crippen molar-refractivity contribution in [3.8, 4) is 0 Å². The Kier molecular flexibility index (Phi) is 3.87. The summed E-state index contributed by atoms with van der Waals surface area (Å²) in [7, 11) is 0. The maximum atomic E-state index is 11.1. The van der Waals surface area contributed by atoms with Crippen LogP contribution in [0.1, 0.15) is 56.8 Å². The van der Waals surface area contributed by atoms with Crippen molar-refractivity contribution in [2.45, 2.75) is 57.7 Å². The first kappa shape index (κ1) is 14.1. The minimum Gasteiger partial charge on any atom is -0.389 e. The number of rotatable bonds is 2. The van der Waals surface area contributed by atoms with E-state index >= 15 is 0 Å². The van der Waals surface area contributed by atoms with E-state index in [1.54, 1.807) is 0 Å². The Labute approximate surface area is 122 Å². The molecule has 1 aliphatic heterocycles. The zero-order chi connectivity index (χ0) is 14.2. The van der Waals surface area contributed by atoms with Gasteiger partial charge >= 0.3 is 0 Å². The van der Waals surface area contributed by atoms with Crippen molar-refractivity contribution in [3.63, 3.8) is 0 Å². The van der Waals surface area contributed by atoms with E-state index in [2.05, 4.69) is 38.1 Å². The standard InChI is InChI=1S/C18H26O2/c1-13-7-8-14(2)18(19,11-13)12-17-16-6-4-3-5-15(16)9-10-20-17/h3-6,13-14,17,19H,7-12H2,1-2H3. The summed E-state index contributed by atoms with van der Waals surface area (Å²) in [5, 5.41) is 11.1. The van der Waals surface area contributed by atoms with Gasteiger partial charge in [-0.2, -0.15) is 0 Å². The van der Waals surface area contributed by atoms with E-state index < -0.39 is 5.60 Å². The van der Waals surface area contributed by atoms with Gasteiger partial charge in [-0.15, -0.1) is 0 Å². The predicted octanol–water partition coefficient (Wildman–Crippen LogP) is 3.88. The van der Waals surface area contributed by atoms with E-state index in [1.807, 2.05) is 0 Å². The van der Waals surface area contributed by atoms with Crippen molar-refractivity contribution in [2.75, 3.05) is 6.61 Å². The Hall–Kier alpha value is -0.860. The first-order chi connectivity index (χ1) is 9.58. The van der Waals surface area contributed by atoms with Gasteiger partial charge in [0.1, 0.15) is 0 Å². The fourth-order valence-corrected chi connectivity index (χ4v) is 3.96. The fraction of sp³-hybridized carbons (Fsp3) is 0.667. The summed E-state index contributed by atoms with van der Waals surface area (Å²) in [5.74, 6) is 0.992. The van der Waals surface area contributed by atoms with Crippen molar-refractivity contribution in [1.29, 1.82) is 0 Å². The number of ether oxygens (including phenoxy) is 1. The molecule has 0 bridgehead atoms. The van der Waals surface area contributed by atoms with Gasteiger partial charge in [0.15, 0.2) is 0 Å². The molecule has 0 amide bonds. The average molecular weight is 274 g/mol. The SMILES string of the molecule is CC1CCC(C)C(O)(CC2OCCc3ccccc32)C1. The second-order valence-corrected chi connectivity index (χ2v) is 6.90. The molecule has 0 saturated heterocycles. The molecule has 1 heterocycles. The summed E-state index contributed by atoms with van der Waals surface area (Å²) in [4.78, 5) is 0. The molecular weight excluding hydrogens is 248 g/mol. The molecule has 4 atom stereocenters. The smallest absolute Gasteiger partial charge is 0.0855 e. The lowest BCUT2D eigenvalue weighted by Gasteiger charge is -2.43. The highest BCUT2D eigenvalue weighted by Crippen LogP contribution is 2.44. The third kappa shape index (κ3) is 2.64. The molecule has 4 unspecified atom stereocenters. The van der Waals surface area contributed by atoms with Gasteiger partial charge in [-0.3, -0.25) is 0 Å². The maximum Gasteiger partial charge on any atom is 0.0855 e. The number of hydrogen-bond donors (Lipinski definition) is 1. The van der Waals surface area contributed by atoms with Crippen molar-refractivity contribution in [2.24, 2.45) is 11.8 Å². The topological polar surface area (TPSA) is 29.5 Å². The van der Waals surface area contributed by atoms with Crippen LogP contribution in [0.15, 0.2) is 24.3 Å². The van der Waals surface area contributed by atoms with Gasteiger partial charge < -0.3 is 9.84 Å². The van der Waals surface area contributed by atoms with Gasteiger partial charge in [-0.1, -0.05) is 44.5 Å². The summed E-state index contributed by atoms with van der Waals surface area (Å²) in [6.45, 7) is 5.23. The Morgan fingerprint density at radius 2 is 2.05 bits per heavy atom. The lowest BCUT2D eigenvalue weighted by Crippen LogP contribution is -2.43. The van der Waals surface area contributed by atoms with E-state index in [9.17, 15) is 5.11 Å². The van der Waals surface area contributed by atoms with Gasteiger partial charge in [0, 0.05) is 6.42 Å². The molecule has 1 aliphatic carbocycles. The number of benzene rings is 1. The summed E-state index contributed by atoms with van der Waals surface area (Å²) in [6, 6.07) is 8.54. The van der Waals surface area contributed by atoms with Crippen LogP contribution < -0.4 is 0 Å². The predicted molar refractivity (Wildman–Crippen MR) is 80.6 cm³/mol. The Morgan fingerprint density at radius 1 is 1.25 bits per heavy atom. The molecule has 2 aliphatic rings. The molecule has 0 aromatic heterocycles. The molecule has 2 heteroatoms. The third-order valence-corrected chi connectivity index (χ3v) is 5.34. The zero-order valence-electron chi connectivity index (χ0n) is 12.6. The van der Waals surface area contributed by atoms with Crippen molar-refractivity contribution < 1.29 is 9.84 Å². The molecule has 1 N–H and O–H groups in total. The van der Waals surface area contributed by atoms with Crippen LogP contribution in [0.25, 0.3) is 0 Å². The third-order valence-electron chi connectivity index (χ3n) is 5.34. The molecular formula is C18H26O2. The van der Waals surface area contributed by atoms with Crippen LogP contribution in [0.2, 0.25) is 0 Å². The van der Waals surface area contributed by atoms with Crippen molar-refractivity contribution >= 4 is 0 Å². The summed E-state index contributed by atoms with van der Waals surface area (Å²) < 4.78 is 6.00. The van der Waals surface area contributed by atoms with Gasteiger partial charge in [0.05, 0.1) is 18.3 Å². The maximum absolute atomic E-state index is 11.1. The second kappa shape index (κ2) is 5.50. The van der Waals surface area contributed by atoms with Gasteiger partial charge in [-0.05, 0) is 42.2 Å². The first-order valence-electron chi connectivity index (χ1n) is 8.00. The summed E-state index contributed by atoms with van der Waals surface area (Å²) >= 11 is 0. The lowest BCUT2D eigenvalue weighted by molar-refractivity contribution is -0.102. The van der Waals surface area contributed by atoms with Gasteiger partial charge in [0.2, 0.25) is 0 Å². The van der Waals surface area contributed by atoms with Crippen LogP contribution in [-0.2, 0) is 11.2 Å². The average Bonchev–Trinajstić information content (AvgIpc) is 2.44. The highest BCUT2D eigenvalue weighted by Gasteiger charge is 2.41. The van der Waals surface area contributed by atoms with E-state index in [4.69, 9.17) is 4.74 Å². The van der Waals surface area contributed by atoms with Crippen LogP contribution in [-0.4, -0.2) is 17.3 Å². The molecule has 1 aromatic carbocycles. The monoisotopic (exact) mass is 274 g/mol. The normalized spacial score (nSPS) is 37.5. The lowest BCUT2D eigenvalue weighted by atomic mass is 9.69. The van der Waals surface area contributed by atoms with Crippen molar-refractivity contribution in [1.82, 2.24) is 0 Å². The van der Waals surface area contributed by atoms with Gasteiger partial charge in [0.25, 0.3) is 0 Å². The van der Waals surface area contributed by atoms with E-state index in [0.29, 0.717) is 11.8 Å². The molecule has 20 heavy (non-hydrogen) atoms. The second-order valence-electron chi connectivity index (χ2n) is 6.90. The molecule has 2 nitrogen and oxygen atoms in total. The van der Waals surface area contributed by atoms with Gasteiger partial charge in [-0.25, -0.2) is 0 Å². The molecule has 1 fully saturated rings. The molecule has 0 radical (unpaired) electrons. The Bertz CT molecular complexity index is 470. The van der Waals surface area contributed by atoms with E-state index in [1.165, 1.54) is 17.5 Å². The fourth-order valence-electron chi connectivity index (χ4n) is 3.96. The first-order valence-corrected chi connectivity index (χ1v) is 8.00. The number of hydrogen-bond acceptors (Lipinski definition) is 2. The quantitative estimate of drug-likeness (QED) is 0.887. The Balaban J connectivity index is 1.81. The molecule has 3 rings (SSSR count). The van der Waals surface area contributed by atoms with Crippen molar-refractivity contribution in [3.05, 3.63) is 35.4 Å². The highest BCUT2D eigenvalue weighted by molar-refractivity contribution is 5.31. The minimum atomic E-state index is -0.563. The van der Waals surface area contributed by atoms with Crippen LogP contribution in [0, 0.1) is 11.8 Å². The molecule has 0 spiro atoms. The number of aliphatic hydroxyl groups is 1. The van der Waals surface area contributed by atoms with Crippen LogP contribution in [0.4, 0.5) is 0 Å². The Morgan fingerprint density at radius 3 is 2.90 bits per heavy atom.